The summed E-state index contributed by atoms with van der Waals surface area (Å²) in [5.74, 6) is -0.568. The van der Waals surface area contributed by atoms with Crippen LogP contribution in [0.4, 0.5) is 0 Å². The quantitative estimate of drug-likeness (QED) is 0.564. The van der Waals surface area contributed by atoms with Crippen molar-refractivity contribution in [1.29, 1.82) is 5.26 Å². The molecule has 0 saturated heterocycles. The minimum atomic E-state index is -0.568. The van der Waals surface area contributed by atoms with Gasteiger partial charge in [-0.25, -0.2) is 0 Å². The topological polar surface area (TPSA) is 42.2 Å². The van der Waals surface area contributed by atoms with E-state index in [2.05, 4.69) is 19.9 Å². The SMILES string of the molecule is CCCOC(C)(CCC#N)OCCC. The predicted octanol–water partition coefficient (Wildman–Crippen LogP) is 2.86. The molecule has 0 N–H and O–H groups in total. The highest BCUT2D eigenvalue weighted by molar-refractivity contribution is 4.75. The minimum absolute atomic E-state index is 0.476. The average molecular weight is 199 g/mol. The van der Waals surface area contributed by atoms with Crippen LogP contribution in [0.1, 0.15) is 46.5 Å². The Bertz CT molecular complexity index is 167. The molecule has 0 heterocycles. The third-order valence-electron chi connectivity index (χ3n) is 1.91. The smallest absolute Gasteiger partial charge is 0.166 e. The molecule has 3 heteroatoms. The molecule has 14 heavy (non-hydrogen) atoms. The summed E-state index contributed by atoms with van der Waals surface area (Å²) in [5.41, 5.74) is 0. The number of hydrogen-bond donors (Lipinski definition) is 0. The second-order valence-electron chi connectivity index (χ2n) is 3.49. The van der Waals surface area contributed by atoms with Crippen molar-refractivity contribution in [2.24, 2.45) is 0 Å². The van der Waals surface area contributed by atoms with Gasteiger partial charge in [0.15, 0.2) is 5.79 Å². The van der Waals surface area contributed by atoms with Gasteiger partial charge >= 0.3 is 0 Å². The molecular formula is C11H21NO2. The molecule has 0 aromatic carbocycles. The van der Waals surface area contributed by atoms with Crippen LogP contribution in [0.3, 0.4) is 0 Å². The van der Waals surface area contributed by atoms with Crippen molar-refractivity contribution in [3.05, 3.63) is 0 Å². The van der Waals surface area contributed by atoms with Gasteiger partial charge in [-0.1, -0.05) is 13.8 Å². The summed E-state index contributed by atoms with van der Waals surface area (Å²) in [4.78, 5) is 0. The predicted molar refractivity (Wildman–Crippen MR) is 55.7 cm³/mol. The standard InChI is InChI=1S/C11H21NO2/c1-4-9-13-11(3,7-6-8-12)14-10-5-2/h4-7,9-10H2,1-3H3. The van der Waals surface area contributed by atoms with E-state index in [1.54, 1.807) is 0 Å². The largest absolute Gasteiger partial charge is 0.350 e. The molecule has 0 aliphatic heterocycles. The third kappa shape index (κ3) is 5.95. The van der Waals surface area contributed by atoms with Crippen LogP contribution in [0.2, 0.25) is 0 Å². The molecule has 0 bridgehead atoms. The van der Waals surface area contributed by atoms with Crippen LogP contribution in [0.15, 0.2) is 0 Å². The average Bonchev–Trinajstić information content (AvgIpc) is 2.21. The molecule has 3 nitrogen and oxygen atoms in total. The van der Waals surface area contributed by atoms with Crippen molar-refractivity contribution < 1.29 is 9.47 Å². The van der Waals surface area contributed by atoms with Crippen LogP contribution < -0.4 is 0 Å². The Labute approximate surface area is 87.0 Å². The minimum Gasteiger partial charge on any atom is -0.350 e. The van der Waals surface area contributed by atoms with E-state index in [1.807, 2.05) is 6.92 Å². The summed E-state index contributed by atoms with van der Waals surface area (Å²) in [6.07, 6.45) is 3.06. The molecule has 0 spiro atoms. The Kier molecular flexibility index (Phi) is 7.45. The fourth-order valence-electron chi connectivity index (χ4n) is 1.10. The molecule has 82 valence electrons. The zero-order chi connectivity index (χ0) is 10.9. The van der Waals surface area contributed by atoms with Crippen molar-refractivity contribution in [2.75, 3.05) is 13.2 Å². The van der Waals surface area contributed by atoms with Crippen molar-refractivity contribution in [1.82, 2.24) is 0 Å². The Morgan fingerprint density at radius 1 is 1.14 bits per heavy atom. The molecule has 0 aliphatic carbocycles. The third-order valence-corrected chi connectivity index (χ3v) is 1.91. The maximum absolute atomic E-state index is 8.52. The molecule has 0 radical (unpaired) electrons. The molecule has 0 aromatic rings. The van der Waals surface area contributed by atoms with Crippen LogP contribution in [0.5, 0.6) is 0 Å². The summed E-state index contributed by atoms with van der Waals surface area (Å²) < 4.78 is 11.2. The zero-order valence-electron chi connectivity index (χ0n) is 9.51. The normalized spacial score (nSPS) is 11.3. The van der Waals surface area contributed by atoms with E-state index in [1.165, 1.54) is 0 Å². The Morgan fingerprint density at radius 3 is 2.00 bits per heavy atom. The van der Waals surface area contributed by atoms with Gasteiger partial charge in [-0.15, -0.1) is 0 Å². The van der Waals surface area contributed by atoms with Crippen LogP contribution in [-0.2, 0) is 9.47 Å². The van der Waals surface area contributed by atoms with Crippen LogP contribution in [-0.4, -0.2) is 19.0 Å². The lowest BCUT2D eigenvalue weighted by atomic mass is 10.2. The highest BCUT2D eigenvalue weighted by atomic mass is 16.7. The summed E-state index contributed by atoms with van der Waals surface area (Å²) in [6.45, 7) is 7.40. The highest BCUT2D eigenvalue weighted by Gasteiger charge is 2.24. The van der Waals surface area contributed by atoms with Gasteiger partial charge in [0.05, 0.1) is 6.07 Å². The fraction of sp³-hybridized carbons (Fsp3) is 0.909. The first kappa shape index (κ1) is 13.4. The molecule has 0 rings (SSSR count). The summed E-state index contributed by atoms with van der Waals surface area (Å²) in [6, 6.07) is 2.12. The molecule has 0 saturated carbocycles. The van der Waals surface area contributed by atoms with E-state index < -0.39 is 5.79 Å². The molecule has 0 fully saturated rings. The molecule has 0 unspecified atom stereocenters. The molecule has 0 atom stereocenters. The summed E-state index contributed by atoms with van der Waals surface area (Å²) >= 11 is 0. The van der Waals surface area contributed by atoms with Gasteiger partial charge < -0.3 is 9.47 Å². The van der Waals surface area contributed by atoms with Gasteiger partial charge in [0.25, 0.3) is 0 Å². The van der Waals surface area contributed by atoms with Crippen LogP contribution in [0.25, 0.3) is 0 Å². The van der Waals surface area contributed by atoms with Gasteiger partial charge in [-0.2, -0.15) is 5.26 Å². The first-order valence-corrected chi connectivity index (χ1v) is 5.33. The number of nitriles is 1. The van der Waals surface area contributed by atoms with Crippen molar-refractivity contribution in [3.8, 4) is 6.07 Å². The maximum Gasteiger partial charge on any atom is 0.166 e. The van der Waals surface area contributed by atoms with Gasteiger partial charge in [0.2, 0.25) is 0 Å². The molecule has 0 aromatic heterocycles. The second-order valence-corrected chi connectivity index (χ2v) is 3.49. The lowest BCUT2D eigenvalue weighted by Gasteiger charge is -2.29. The molecular weight excluding hydrogens is 178 g/mol. The number of ether oxygens (including phenoxy) is 2. The molecule has 0 amide bonds. The summed E-state index contributed by atoms with van der Waals surface area (Å²) in [7, 11) is 0. The Hall–Kier alpha value is -0.590. The lowest BCUT2D eigenvalue weighted by Crippen LogP contribution is -2.33. The Balaban J connectivity index is 3.97. The van der Waals surface area contributed by atoms with E-state index in [9.17, 15) is 0 Å². The van der Waals surface area contributed by atoms with Crippen molar-refractivity contribution >= 4 is 0 Å². The highest BCUT2D eigenvalue weighted by Crippen LogP contribution is 2.19. The zero-order valence-corrected chi connectivity index (χ0v) is 9.51. The van der Waals surface area contributed by atoms with Gasteiger partial charge in [-0.05, 0) is 19.8 Å². The van der Waals surface area contributed by atoms with Gasteiger partial charge in [-0.3, -0.25) is 0 Å². The van der Waals surface area contributed by atoms with E-state index in [0.29, 0.717) is 26.1 Å². The maximum atomic E-state index is 8.52. The lowest BCUT2D eigenvalue weighted by molar-refractivity contribution is -0.228. The van der Waals surface area contributed by atoms with Crippen LogP contribution in [0, 0.1) is 11.3 Å². The van der Waals surface area contributed by atoms with E-state index in [4.69, 9.17) is 14.7 Å². The van der Waals surface area contributed by atoms with Crippen LogP contribution >= 0.6 is 0 Å². The Morgan fingerprint density at radius 2 is 1.64 bits per heavy atom. The second kappa shape index (κ2) is 7.78. The summed E-state index contributed by atoms with van der Waals surface area (Å²) in [5, 5.41) is 8.52. The first-order chi connectivity index (χ1) is 6.68. The van der Waals surface area contributed by atoms with Gasteiger partial charge in [0, 0.05) is 26.1 Å². The van der Waals surface area contributed by atoms with Gasteiger partial charge in [0.1, 0.15) is 0 Å². The number of nitrogens with zero attached hydrogens (tertiary/aromatic N) is 1. The number of rotatable bonds is 8. The number of hydrogen-bond acceptors (Lipinski definition) is 3. The molecule has 0 aliphatic rings. The van der Waals surface area contributed by atoms with Crippen molar-refractivity contribution in [2.45, 2.75) is 52.2 Å². The van der Waals surface area contributed by atoms with E-state index in [0.717, 1.165) is 12.8 Å². The van der Waals surface area contributed by atoms with E-state index >= 15 is 0 Å². The monoisotopic (exact) mass is 199 g/mol. The first-order valence-electron chi connectivity index (χ1n) is 5.33. The fourth-order valence-corrected chi connectivity index (χ4v) is 1.10. The van der Waals surface area contributed by atoms with E-state index in [-0.39, 0.29) is 0 Å². The van der Waals surface area contributed by atoms with Crippen molar-refractivity contribution in [3.63, 3.8) is 0 Å².